The van der Waals surface area contributed by atoms with E-state index in [2.05, 4.69) is 22.6 Å². The molecule has 0 saturated heterocycles. The summed E-state index contributed by atoms with van der Waals surface area (Å²) in [5.41, 5.74) is 9.80. The van der Waals surface area contributed by atoms with Crippen LogP contribution in [-0.2, 0) is 6.42 Å². The van der Waals surface area contributed by atoms with Crippen molar-refractivity contribution in [3.63, 3.8) is 0 Å². The minimum Gasteiger partial charge on any atom is -0.504 e. The fourth-order valence-electron chi connectivity index (χ4n) is 2.83. The molecule has 0 aliphatic rings. The molecule has 0 saturated carbocycles. The normalized spacial score (nSPS) is 10.3. The van der Waals surface area contributed by atoms with E-state index >= 15 is 0 Å². The van der Waals surface area contributed by atoms with Gasteiger partial charge in [0.1, 0.15) is 17.5 Å². The molecule has 0 aliphatic heterocycles. The van der Waals surface area contributed by atoms with E-state index in [1.807, 2.05) is 12.1 Å². The van der Waals surface area contributed by atoms with Crippen molar-refractivity contribution in [1.29, 1.82) is 5.26 Å². The van der Waals surface area contributed by atoms with Gasteiger partial charge in [0, 0.05) is 29.1 Å². The van der Waals surface area contributed by atoms with Gasteiger partial charge in [0.25, 0.3) is 0 Å². The van der Waals surface area contributed by atoms with Crippen molar-refractivity contribution < 1.29 is 9.84 Å². The van der Waals surface area contributed by atoms with E-state index in [4.69, 9.17) is 10.5 Å². The summed E-state index contributed by atoms with van der Waals surface area (Å²) in [5, 5.41) is 19.9. The van der Waals surface area contributed by atoms with Crippen LogP contribution in [0, 0.1) is 11.3 Å². The number of hydrogen-bond donors (Lipinski definition) is 3. The molecular formula is C20H18N4O2. The fraction of sp³-hybridized carbons (Fsp3) is 0.100. The second kappa shape index (κ2) is 7.03. The van der Waals surface area contributed by atoms with E-state index < -0.39 is 0 Å². The van der Waals surface area contributed by atoms with E-state index in [0.29, 0.717) is 34.6 Å². The number of nitriles is 1. The number of nitrogens with two attached hydrogens (primary N) is 1. The van der Waals surface area contributed by atoms with Crippen molar-refractivity contribution in [2.45, 2.75) is 6.42 Å². The first-order valence-corrected chi connectivity index (χ1v) is 7.94. The molecule has 3 aromatic rings. The second-order valence-electron chi connectivity index (χ2n) is 5.71. The van der Waals surface area contributed by atoms with E-state index in [1.54, 1.807) is 30.6 Å². The van der Waals surface area contributed by atoms with Crippen LogP contribution >= 0.6 is 0 Å². The molecule has 6 heteroatoms. The molecule has 0 fully saturated rings. The molecule has 0 amide bonds. The minimum absolute atomic E-state index is 0.0579. The number of phenolic OH excluding ortho intramolecular Hbond substituents is 1. The predicted octanol–water partition coefficient (Wildman–Crippen LogP) is 3.64. The predicted molar refractivity (Wildman–Crippen MR) is 101 cm³/mol. The third kappa shape index (κ3) is 2.98. The van der Waals surface area contributed by atoms with E-state index in [-0.39, 0.29) is 17.1 Å². The summed E-state index contributed by atoms with van der Waals surface area (Å²) in [6.07, 6.45) is 5.74. The van der Waals surface area contributed by atoms with Crippen LogP contribution in [0.3, 0.4) is 0 Å². The Kier molecular flexibility index (Phi) is 4.63. The van der Waals surface area contributed by atoms with Crippen molar-refractivity contribution in [1.82, 2.24) is 9.97 Å². The van der Waals surface area contributed by atoms with Gasteiger partial charge in [0.05, 0.1) is 12.8 Å². The van der Waals surface area contributed by atoms with Crippen molar-refractivity contribution in [2.24, 2.45) is 0 Å². The summed E-state index contributed by atoms with van der Waals surface area (Å²) in [6.45, 7) is 3.71. The number of phenols is 1. The zero-order valence-corrected chi connectivity index (χ0v) is 14.3. The van der Waals surface area contributed by atoms with Crippen molar-refractivity contribution in [3.05, 3.63) is 60.4 Å². The number of pyridine rings is 1. The number of methoxy groups -OCH3 is 1. The average Bonchev–Trinajstić information content (AvgIpc) is 3.17. The Bertz CT molecular complexity index is 1000. The second-order valence-corrected chi connectivity index (χ2v) is 5.71. The Morgan fingerprint density at radius 1 is 1.38 bits per heavy atom. The van der Waals surface area contributed by atoms with Gasteiger partial charge in [-0.15, -0.1) is 6.58 Å². The first-order chi connectivity index (χ1) is 12.6. The first-order valence-electron chi connectivity index (χ1n) is 7.94. The number of aromatic hydroxyl groups is 1. The minimum atomic E-state index is 0.0579. The highest BCUT2D eigenvalue weighted by Gasteiger charge is 2.17. The fourth-order valence-corrected chi connectivity index (χ4v) is 2.83. The molecule has 3 rings (SSSR count). The van der Waals surface area contributed by atoms with E-state index in [1.165, 1.54) is 7.11 Å². The molecule has 0 aliphatic carbocycles. The lowest BCUT2D eigenvalue weighted by Crippen LogP contribution is -2.00. The number of nitrogens with zero attached hydrogens (tertiary/aromatic N) is 2. The Morgan fingerprint density at radius 3 is 2.81 bits per heavy atom. The number of benzene rings is 1. The number of hydrogen-bond acceptors (Lipinski definition) is 5. The summed E-state index contributed by atoms with van der Waals surface area (Å²) in [4.78, 5) is 7.31. The van der Waals surface area contributed by atoms with Gasteiger partial charge in [0.15, 0.2) is 11.5 Å². The number of aromatic nitrogens is 2. The lowest BCUT2D eigenvalue weighted by Gasteiger charge is -2.14. The maximum atomic E-state index is 10.3. The molecule has 1 aromatic carbocycles. The molecule has 130 valence electrons. The van der Waals surface area contributed by atoms with Gasteiger partial charge in [-0.05, 0) is 36.2 Å². The van der Waals surface area contributed by atoms with Crippen LogP contribution in [0.5, 0.6) is 11.5 Å². The monoisotopic (exact) mass is 346 g/mol. The standard InChI is InChI=1S/C20H18N4O2/c1-3-4-12-7-14(8-18(26-2)19(12)25)15-9-17(13-5-6-23-11-13)24-20(22)16(15)10-21/h3,5-9,11,23,25H,1,4H2,2H3,(H2,22,24). The molecule has 2 aromatic heterocycles. The highest BCUT2D eigenvalue weighted by molar-refractivity contribution is 5.81. The van der Waals surface area contributed by atoms with Gasteiger partial charge in [-0.3, -0.25) is 0 Å². The maximum Gasteiger partial charge on any atom is 0.161 e. The molecule has 0 radical (unpaired) electrons. The number of nitrogen functional groups attached to an aromatic ring is 1. The quantitative estimate of drug-likeness (QED) is 0.611. The SMILES string of the molecule is C=CCc1cc(-c2cc(-c3cc[nH]c3)nc(N)c2C#N)cc(OC)c1O. The highest BCUT2D eigenvalue weighted by atomic mass is 16.5. The summed E-state index contributed by atoms with van der Waals surface area (Å²) < 4.78 is 5.28. The molecule has 4 N–H and O–H groups in total. The van der Waals surface area contributed by atoms with E-state index in [0.717, 1.165) is 5.56 Å². The molecule has 0 bridgehead atoms. The number of nitrogens with one attached hydrogen (secondary N) is 1. The molecule has 0 atom stereocenters. The number of aromatic amines is 1. The zero-order chi connectivity index (χ0) is 18.7. The molecule has 6 nitrogen and oxygen atoms in total. The highest BCUT2D eigenvalue weighted by Crippen LogP contribution is 2.38. The van der Waals surface area contributed by atoms with Crippen LogP contribution < -0.4 is 10.5 Å². The lowest BCUT2D eigenvalue weighted by atomic mass is 9.96. The van der Waals surface area contributed by atoms with Crippen LogP contribution in [0.1, 0.15) is 11.1 Å². The third-order valence-electron chi connectivity index (χ3n) is 4.10. The summed E-state index contributed by atoms with van der Waals surface area (Å²) in [5.74, 6) is 0.530. The summed E-state index contributed by atoms with van der Waals surface area (Å²) in [6, 6.07) is 9.28. The maximum absolute atomic E-state index is 10.3. The number of allylic oxidation sites excluding steroid dienone is 1. The smallest absolute Gasteiger partial charge is 0.161 e. The third-order valence-corrected chi connectivity index (χ3v) is 4.10. The largest absolute Gasteiger partial charge is 0.504 e. The molecular weight excluding hydrogens is 328 g/mol. The van der Waals surface area contributed by atoms with Gasteiger partial charge in [-0.25, -0.2) is 4.98 Å². The summed E-state index contributed by atoms with van der Waals surface area (Å²) >= 11 is 0. The number of H-pyrrole nitrogens is 1. The lowest BCUT2D eigenvalue weighted by molar-refractivity contribution is 0.371. The Labute approximate surface area is 151 Å². The van der Waals surface area contributed by atoms with Crippen LogP contribution in [0.15, 0.2) is 49.3 Å². The van der Waals surface area contributed by atoms with Gasteiger partial charge < -0.3 is 20.6 Å². The Morgan fingerprint density at radius 2 is 2.19 bits per heavy atom. The van der Waals surface area contributed by atoms with Gasteiger partial charge in [0.2, 0.25) is 0 Å². The van der Waals surface area contributed by atoms with Gasteiger partial charge in [-0.1, -0.05) is 6.08 Å². The first kappa shape index (κ1) is 17.1. The Balaban J connectivity index is 2.27. The van der Waals surface area contributed by atoms with Crippen LogP contribution in [0.4, 0.5) is 5.82 Å². The number of rotatable bonds is 5. The van der Waals surface area contributed by atoms with Crippen molar-refractivity contribution >= 4 is 5.82 Å². The average molecular weight is 346 g/mol. The topological polar surface area (TPSA) is 108 Å². The van der Waals surface area contributed by atoms with Gasteiger partial charge >= 0.3 is 0 Å². The van der Waals surface area contributed by atoms with Crippen molar-refractivity contribution in [3.8, 4) is 40.0 Å². The molecule has 26 heavy (non-hydrogen) atoms. The van der Waals surface area contributed by atoms with Crippen LogP contribution in [0.25, 0.3) is 22.4 Å². The van der Waals surface area contributed by atoms with Crippen LogP contribution in [0.2, 0.25) is 0 Å². The number of ether oxygens (including phenoxy) is 1. The van der Waals surface area contributed by atoms with E-state index in [9.17, 15) is 10.4 Å². The van der Waals surface area contributed by atoms with Gasteiger partial charge in [-0.2, -0.15) is 5.26 Å². The molecule has 0 spiro atoms. The summed E-state index contributed by atoms with van der Waals surface area (Å²) in [7, 11) is 1.48. The zero-order valence-electron chi connectivity index (χ0n) is 14.3. The van der Waals surface area contributed by atoms with Crippen molar-refractivity contribution in [2.75, 3.05) is 12.8 Å². The molecule has 2 heterocycles. The Hall–Kier alpha value is -3.72. The molecule has 0 unspecified atom stereocenters. The number of anilines is 1. The van der Waals surface area contributed by atoms with Crippen LogP contribution in [-0.4, -0.2) is 22.2 Å².